The Hall–Kier alpha value is -1.20. The average Bonchev–Trinajstić information content (AvgIpc) is 2.29. The highest BCUT2D eigenvalue weighted by Crippen LogP contribution is 2.17. The van der Waals surface area contributed by atoms with Gasteiger partial charge in [-0.15, -0.1) is 23.4 Å². The molecule has 1 aromatic carbocycles. The molecule has 6 heteroatoms. The quantitative estimate of drug-likeness (QED) is 0.646. The lowest BCUT2D eigenvalue weighted by Crippen LogP contribution is -2.35. The third-order valence-electron chi connectivity index (χ3n) is 1.72. The number of amides is 3. The molecule has 0 radical (unpaired) electrons. The normalized spacial score (nSPS) is 9.62. The van der Waals surface area contributed by atoms with E-state index in [-0.39, 0.29) is 5.88 Å². The van der Waals surface area contributed by atoms with E-state index in [0.717, 1.165) is 4.90 Å². The van der Waals surface area contributed by atoms with Crippen LogP contribution in [0, 0.1) is 0 Å². The lowest BCUT2D eigenvalue weighted by atomic mass is 10.3. The van der Waals surface area contributed by atoms with Gasteiger partial charge in [-0.2, -0.15) is 0 Å². The van der Waals surface area contributed by atoms with Gasteiger partial charge in [0.2, 0.25) is 5.91 Å². The first kappa shape index (κ1) is 12.9. The first-order valence-electron chi connectivity index (χ1n) is 4.46. The van der Waals surface area contributed by atoms with Crippen LogP contribution in [-0.4, -0.2) is 24.1 Å². The minimum atomic E-state index is -0.581. The minimum Gasteiger partial charge on any atom is -0.308 e. The number of rotatable bonds is 3. The number of carbonyl (C=O) groups excluding carboxylic acids is 2. The molecule has 0 unspecified atom stereocenters. The number of anilines is 1. The summed E-state index contributed by atoms with van der Waals surface area (Å²) in [5.41, 5.74) is 0.623. The molecule has 0 aromatic heterocycles. The van der Waals surface area contributed by atoms with E-state index in [9.17, 15) is 9.59 Å². The lowest BCUT2D eigenvalue weighted by molar-refractivity contribution is -0.117. The summed E-state index contributed by atoms with van der Waals surface area (Å²) in [4.78, 5) is 23.1. The summed E-state index contributed by atoms with van der Waals surface area (Å²) in [5, 5.41) is 4.60. The van der Waals surface area contributed by atoms with Crippen molar-refractivity contribution in [3.05, 3.63) is 24.3 Å². The molecule has 0 atom stereocenters. The summed E-state index contributed by atoms with van der Waals surface area (Å²) >= 11 is 6.85. The second-order valence-corrected chi connectivity index (χ2v) is 4.01. The van der Waals surface area contributed by atoms with Gasteiger partial charge in [-0.1, -0.05) is 0 Å². The zero-order chi connectivity index (χ0) is 12.0. The topological polar surface area (TPSA) is 58.2 Å². The zero-order valence-electron chi connectivity index (χ0n) is 8.62. The molecule has 16 heavy (non-hydrogen) atoms. The molecule has 0 saturated heterocycles. The Morgan fingerprint density at radius 3 is 2.44 bits per heavy atom. The zero-order valence-corrected chi connectivity index (χ0v) is 10.2. The Bertz CT molecular complexity index is 381. The highest BCUT2D eigenvalue weighted by atomic mass is 35.5. The predicted octanol–water partition coefficient (Wildman–Crippen LogP) is 2.30. The fraction of sp³-hybridized carbons (Fsp3) is 0.200. The third-order valence-corrected chi connectivity index (χ3v) is 2.71. The smallest absolute Gasteiger partial charge is 0.308 e. The molecule has 0 aliphatic heterocycles. The first-order valence-corrected chi connectivity index (χ1v) is 6.22. The number of thioether (sulfide) groups is 1. The molecule has 0 fully saturated rings. The van der Waals surface area contributed by atoms with Crippen molar-refractivity contribution in [2.24, 2.45) is 0 Å². The fourth-order valence-electron chi connectivity index (χ4n) is 0.997. The summed E-state index contributed by atoms with van der Waals surface area (Å²) in [6.45, 7) is 0. The van der Waals surface area contributed by atoms with Crippen LogP contribution < -0.4 is 10.6 Å². The standard InChI is InChI=1S/C10H11ClN2O2S/c1-16-8-4-2-7(3-5-8)12-10(15)13-9(14)6-11/h2-5H,6H2,1H3,(H2,12,13,14,15). The van der Waals surface area contributed by atoms with Crippen molar-refractivity contribution in [1.29, 1.82) is 0 Å². The number of halogens is 1. The Balaban J connectivity index is 2.52. The van der Waals surface area contributed by atoms with E-state index >= 15 is 0 Å². The van der Waals surface area contributed by atoms with Crippen molar-refractivity contribution in [3.8, 4) is 0 Å². The van der Waals surface area contributed by atoms with Gasteiger partial charge in [0.25, 0.3) is 0 Å². The van der Waals surface area contributed by atoms with E-state index in [4.69, 9.17) is 11.6 Å². The second kappa shape index (κ2) is 6.40. The maximum Gasteiger partial charge on any atom is 0.325 e. The van der Waals surface area contributed by atoms with Crippen LogP contribution in [0.1, 0.15) is 0 Å². The molecular weight excluding hydrogens is 248 g/mol. The lowest BCUT2D eigenvalue weighted by Gasteiger charge is -2.05. The summed E-state index contributed by atoms with van der Waals surface area (Å²) < 4.78 is 0. The number of hydrogen-bond donors (Lipinski definition) is 2. The predicted molar refractivity (Wildman–Crippen MR) is 66.1 cm³/mol. The largest absolute Gasteiger partial charge is 0.325 e. The summed E-state index contributed by atoms with van der Waals surface area (Å²) in [5.74, 6) is -0.765. The van der Waals surface area contributed by atoms with Crippen molar-refractivity contribution in [2.75, 3.05) is 17.5 Å². The summed E-state index contributed by atoms with van der Waals surface area (Å²) in [6, 6.07) is 6.70. The fourth-order valence-corrected chi connectivity index (χ4v) is 1.47. The molecule has 0 spiro atoms. The highest BCUT2D eigenvalue weighted by molar-refractivity contribution is 7.98. The van der Waals surface area contributed by atoms with Crippen molar-refractivity contribution >= 4 is 41.0 Å². The Kier molecular flexibility index (Phi) is 5.14. The number of carbonyl (C=O) groups is 2. The van der Waals surface area contributed by atoms with E-state index in [0.29, 0.717) is 5.69 Å². The van der Waals surface area contributed by atoms with Crippen LogP contribution in [-0.2, 0) is 4.79 Å². The van der Waals surface area contributed by atoms with Crippen molar-refractivity contribution in [1.82, 2.24) is 5.32 Å². The molecule has 0 aliphatic rings. The van der Waals surface area contributed by atoms with Crippen molar-refractivity contribution in [3.63, 3.8) is 0 Å². The molecule has 0 saturated carbocycles. The molecule has 0 heterocycles. The van der Waals surface area contributed by atoms with Crippen molar-refractivity contribution < 1.29 is 9.59 Å². The number of imide groups is 1. The van der Waals surface area contributed by atoms with Gasteiger partial charge in [-0.25, -0.2) is 4.79 Å². The maximum atomic E-state index is 11.2. The number of alkyl halides is 1. The molecule has 86 valence electrons. The molecule has 0 bridgehead atoms. The monoisotopic (exact) mass is 258 g/mol. The summed E-state index contributed by atoms with van der Waals surface area (Å²) in [6.07, 6.45) is 1.97. The van der Waals surface area contributed by atoms with Crippen LogP contribution in [0.4, 0.5) is 10.5 Å². The van der Waals surface area contributed by atoms with Gasteiger partial charge in [0.1, 0.15) is 5.88 Å². The molecule has 0 aliphatic carbocycles. The van der Waals surface area contributed by atoms with E-state index in [2.05, 4.69) is 10.6 Å². The first-order chi connectivity index (χ1) is 7.65. The van der Waals surface area contributed by atoms with Gasteiger partial charge in [0.05, 0.1) is 0 Å². The van der Waals surface area contributed by atoms with Crippen LogP contribution in [0.15, 0.2) is 29.2 Å². The Morgan fingerprint density at radius 1 is 1.31 bits per heavy atom. The number of benzene rings is 1. The van der Waals surface area contributed by atoms with Gasteiger partial charge in [0, 0.05) is 10.6 Å². The van der Waals surface area contributed by atoms with Gasteiger partial charge >= 0.3 is 6.03 Å². The van der Waals surface area contributed by atoms with Crippen LogP contribution >= 0.6 is 23.4 Å². The molecule has 4 nitrogen and oxygen atoms in total. The number of hydrogen-bond acceptors (Lipinski definition) is 3. The molecule has 2 N–H and O–H groups in total. The van der Waals surface area contributed by atoms with Crippen LogP contribution in [0.25, 0.3) is 0 Å². The highest BCUT2D eigenvalue weighted by Gasteiger charge is 2.05. The SMILES string of the molecule is CSc1ccc(NC(=O)NC(=O)CCl)cc1. The number of urea groups is 1. The van der Waals surface area contributed by atoms with Crippen LogP contribution in [0.2, 0.25) is 0 Å². The van der Waals surface area contributed by atoms with E-state index < -0.39 is 11.9 Å². The molecule has 3 amide bonds. The maximum absolute atomic E-state index is 11.2. The third kappa shape index (κ3) is 4.12. The molecule has 1 rings (SSSR count). The minimum absolute atomic E-state index is 0.237. The Labute approximate surface area is 103 Å². The Morgan fingerprint density at radius 2 is 1.94 bits per heavy atom. The van der Waals surface area contributed by atoms with Crippen molar-refractivity contribution in [2.45, 2.75) is 4.90 Å². The van der Waals surface area contributed by atoms with Gasteiger partial charge in [0.15, 0.2) is 0 Å². The van der Waals surface area contributed by atoms with Gasteiger partial charge in [-0.3, -0.25) is 10.1 Å². The van der Waals surface area contributed by atoms with E-state index in [1.807, 2.05) is 18.4 Å². The van der Waals surface area contributed by atoms with E-state index in [1.165, 1.54) is 0 Å². The molecule has 1 aromatic rings. The van der Waals surface area contributed by atoms with Gasteiger partial charge < -0.3 is 5.32 Å². The summed E-state index contributed by atoms with van der Waals surface area (Å²) in [7, 11) is 0. The van der Waals surface area contributed by atoms with Crippen LogP contribution in [0.3, 0.4) is 0 Å². The molecular formula is C10H11ClN2O2S. The van der Waals surface area contributed by atoms with Gasteiger partial charge in [-0.05, 0) is 30.5 Å². The number of nitrogens with one attached hydrogen (secondary N) is 2. The second-order valence-electron chi connectivity index (χ2n) is 2.86. The van der Waals surface area contributed by atoms with Crippen LogP contribution in [0.5, 0.6) is 0 Å². The average molecular weight is 259 g/mol. The van der Waals surface area contributed by atoms with E-state index in [1.54, 1.807) is 23.9 Å².